The molecule has 1 nitrogen and oxygen atoms in total. The molecule has 0 spiro atoms. The van der Waals surface area contributed by atoms with Crippen LogP contribution in [0, 0.1) is 0 Å². The van der Waals surface area contributed by atoms with Crippen molar-refractivity contribution in [1.82, 2.24) is 0 Å². The summed E-state index contributed by atoms with van der Waals surface area (Å²) in [4.78, 5) is 0. The highest BCUT2D eigenvalue weighted by Crippen LogP contribution is 2.17. The maximum atomic E-state index is 4.36. The molecule has 0 N–H and O–H groups in total. The lowest BCUT2D eigenvalue weighted by molar-refractivity contribution is 0.406. The van der Waals surface area contributed by atoms with Gasteiger partial charge in [-0.25, -0.2) is 0 Å². The summed E-state index contributed by atoms with van der Waals surface area (Å²) >= 11 is 0. The molecule has 0 radical (unpaired) electrons. The van der Waals surface area contributed by atoms with Gasteiger partial charge in [-0.1, -0.05) is 73.8 Å². The van der Waals surface area contributed by atoms with Crippen LogP contribution >= 0.6 is 9.90 Å². The van der Waals surface area contributed by atoms with Crippen LogP contribution in [0.15, 0.2) is 86.3 Å². The van der Waals surface area contributed by atoms with Crippen molar-refractivity contribution in [3.8, 4) is 11.1 Å². The molecule has 0 aromatic heterocycles. The van der Waals surface area contributed by atoms with Gasteiger partial charge in [0.2, 0.25) is 0 Å². The molecule has 0 saturated heterocycles. The highest BCUT2D eigenvalue weighted by Gasteiger charge is 1.91. The molecule has 2 heteroatoms. The van der Waals surface area contributed by atoms with Gasteiger partial charge in [0.25, 0.3) is 0 Å². The Morgan fingerprint density at radius 3 is 1.22 bits per heavy atom. The summed E-state index contributed by atoms with van der Waals surface area (Å²) in [6.45, 7) is 6.51. The molecule has 0 saturated carbocycles. The minimum atomic E-state index is 0. The Balaban J connectivity index is 0.000000421. The Bertz CT molecular complexity index is 394. The zero-order valence-corrected chi connectivity index (χ0v) is 11.9. The van der Waals surface area contributed by atoms with E-state index >= 15 is 0 Å². The second-order valence-corrected chi connectivity index (χ2v) is 3.20. The Kier molecular flexibility index (Phi) is 9.25. The van der Waals surface area contributed by atoms with Gasteiger partial charge in [-0.15, -0.1) is 0 Å². The number of hydrogen-bond acceptors (Lipinski definition) is 1. The van der Waals surface area contributed by atoms with Crippen LogP contribution < -0.4 is 0 Å². The number of hydrogen-bond donors (Lipinski definition) is 0. The lowest BCUT2D eigenvalue weighted by Gasteiger charge is -1.98. The van der Waals surface area contributed by atoms with Crippen molar-refractivity contribution < 1.29 is 4.74 Å². The van der Waals surface area contributed by atoms with Crippen molar-refractivity contribution in [3.63, 3.8) is 0 Å². The van der Waals surface area contributed by atoms with Crippen LogP contribution in [0.2, 0.25) is 0 Å². The van der Waals surface area contributed by atoms with Crippen LogP contribution in [0.5, 0.6) is 0 Å². The van der Waals surface area contributed by atoms with Crippen molar-refractivity contribution in [1.29, 1.82) is 0 Å². The first kappa shape index (κ1) is 16.1. The van der Waals surface area contributed by atoms with Gasteiger partial charge in [0.1, 0.15) is 0 Å². The van der Waals surface area contributed by atoms with Gasteiger partial charge in [-0.3, -0.25) is 0 Å². The monoisotopic (exact) mass is 258 g/mol. The molecular weight excluding hydrogens is 239 g/mol. The minimum Gasteiger partial charge on any atom is -0.474 e. The van der Waals surface area contributed by atoms with E-state index in [-0.39, 0.29) is 9.90 Å². The molecule has 0 aliphatic carbocycles. The van der Waals surface area contributed by atoms with Crippen LogP contribution in [-0.4, -0.2) is 0 Å². The first-order valence-electron chi connectivity index (χ1n) is 5.36. The third kappa shape index (κ3) is 6.03. The second kappa shape index (κ2) is 10.3. The lowest BCUT2D eigenvalue weighted by atomic mass is 10.1. The summed E-state index contributed by atoms with van der Waals surface area (Å²) < 4.78 is 4.36. The molecule has 0 bridgehead atoms. The summed E-state index contributed by atoms with van der Waals surface area (Å²) in [6.07, 6.45) is 2.62. The van der Waals surface area contributed by atoms with E-state index in [0.29, 0.717) is 0 Å². The van der Waals surface area contributed by atoms with Gasteiger partial charge in [-0.05, 0) is 11.1 Å². The van der Waals surface area contributed by atoms with Crippen LogP contribution in [0.1, 0.15) is 0 Å². The first-order valence-corrected chi connectivity index (χ1v) is 5.36. The van der Waals surface area contributed by atoms with Crippen molar-refractivity contribution in [3.05, 3.63) is 86.3 Å². The molecule has 2 aromatic rings. The zero-order valence-electron chi connectivity index (χ0n) is 10.5. The van der Waals surface area contributed by atoms with Crippen molar-refractivity contribution in [2.75, 3.05) is 0 Å². The van der Waals surface area contributed by atoms with Gasteiger partial charge in [0, 0.05) is 0 Å². The van der Waals surface area contributed by atoms with Crippen molar-refractivity contribution in [2.45, 2.75) is 0 Å². The van der Waals surface area contributed by atoms with Crippen LogP contribution in [0.3, 0.4) is 0 Å². The molecule has 2 aromatic carbocycles. The fraction of sp³-hybridized carbons (Fsp3) is 0. The Labute approximate surface area is 112 Å². The van der Waals surface area contributed by atoms with Gasteiger partial charge in [0.05, 0.1) is 12.5 Å². The lowest BCUT2D eigenvalue weighted by Crippen LogP contribution is -1.73. The van der Waals surface area contributed by atoms with E-state index in [9.17, 15) is 0 Å². The molecule has 18 heavy (non-hydrogen) atoms. The first-order chi connectivity index (χ1) is 8.38. The molecule has 94 valence electrons. The number of rotatable bonds is 3. The van der Waals surface area contributed by atoms with E-state index in [1.807, 2.05) is 12.1 Å². The summed E-state index contributed by atoms with van der Waals surface area (Å²) in [7, 11) is 0. The smallest absolute Gasteiger partial charge is 0.0829 e. The normalized spacial score (nSPS) is 8.00. The SMILES string of the molecule is C=COC=C.P.c1ccc(-c2ccccc2)cc1. The Hall–Kier alpha value is -1.85. The van der Waals surface area contributed by atoms with E-state index in [4.69, 9.17) is 0 Å². The highest BCUT2D eigenvalue weighted by atomic mass is 31.0. The van der Waals surface area contributed by atoms with Crippen molar-refractivity contribution >= 4 is 9.90 Å². The third-order valence-corrected chi connectivity index (χ3v) is 2.07. The molecular formula is C16H19OP. The summed E-state index contributed by atoms with van der Waals surface area (Å²) in [6, 6.07) is 20.8. The van der Waals surface area contributed by atoms with E-state index in [1.165, 1.54) is 23.7 Å². The van der Waals surface area contributed by atoms with Crippen LogP contribution in [0.25, 0.3) is 11.1 Å². The zero-order chi connectivity index (χ0) is 12.3. The fourth-order valence-electron chi connectivity index (χ4n) is 1.33. The average Bonchev–Trinajstić information content (AvgIpc) is 2.42. The van der Waals surface area contributed by atoms with E-state index in [2.05, 4.69) is 66.4 Å². The molecule has 0 heterocycles. The molecule has 0 fully saturated rings. The van der Waals surface area contributed by atoms with Crippen molar-refractivity contribution in [2.24, 2.45) is 0 Å². The summed E-state index contributed by atoms with van der Waals surface area (Å²) in [5.41, 5.74) is 2.55. The largest absolute Gasteiger partial charge is 0.474 e. The van der Waals surface area contributed by atoms with E-state index < -0.39 is 0 Å². The minimum absolute atomic E-state index is 0. The van der Waals surface area contributed by atoms with Gasteiger partial charge in [-0.2, -0.15) is 9.90 Å². The Morgan fingerprint density at radius 2 is 1.00 bits per heavy atom. The Morgan fingerprint density at radius 1 is 0.667 bits per heavy atom. The van der Waals surface area contributed by atoms with Gasteiger partial charge < -0.3 is 4.74 Å². The van der Waals surface area contributed by atoms with Crippen LogP contribution in [0.4, 0.5) is 0 Å². The predicted octanol–water partition coefficient (Wildman–Crippen LogP) is 4.70. The summed E-state index contributed by atoms with van der Waals surface area (Å²) in [5, 5.41) is 0. The average molecular weight is 258 g/mol. The molecule has 1 atom stereocenters. The maximum Gasteiger partial charge on any atom is 0.0829 e. The van der Waals surface area contributed by atoms with Gasteiger partial charge >= 0.3 is 0 Å². The number of benzene rings is 2. The third-order valence-electron chi connectivity index (χ3n) is 2.07. The molecule has 0 aliphatic heterocycles. The van der Waals surface area contributed by atoms with Gasteiger partial charge in [0.15, 0.2) is 0 Å². The van der Waals surface area contributed by atoms with E-state index in [0.717, 1.165) is 0 Å². The molecule has 0 aliphatic rings. The fourth-order valence-corrected chi connectivity index (χ4v) is 1.33. The second-order valence-electron chi connectivity index (χ2n) is 3.20. The summed E-state index contributed by atoms with van der Waals surface area (Å²) in [5.74, 6) is 0. The van der Waals surface area contributed by atoms with Crippen LogP contribution in [-0.2, 0) is 4.74 Å². The number of ether oxygens (including phenoxy) is 1. The standard InChI is InChI=1S/C12H10.C4H6O.H3P/c1-3-7-11(8-4-1)12-9-5-2-6-10-12;1-3-5-4-2;/h1-10H;3-4H,1-2H2;1H3. The van der Waals surface area contributed by atoms with E-state index in [1.54, 1.807) is 0 Å². The predicted molar refractivity (Wildman–Crippen MR) is 84.5 cm³/mol. The maximum absolute atomic E-state index is 4.36. The highest BCUT2D eigenvalue weighted by molar-refractivity contribution is 6.92. The molecule has 1 unspecified atom stereocenters. The molecule has 0 amide bonds. The topological polar surface area (TPSA) is 9.23 Å². The quantitative estimate of drug-likeness (QED) is 0.572. The molecule has 2 rings (SSSR count).